The van der Waals surface area contributed by atoms with Crippen LogP contribution in [0, 0.1) is 0 Å². The minimum Gasteiger partial charge on any atom is -0.334 e. The van der Waals surface area contributed by atoms with Crippen molar-refractivity contribution in [1.29, 1.82) is 0 Å². The summed E-state index contributed by atoms with van der Waals surface area (Å²) in [5.74, 6) is 0.953. The van der Waals surface area contributed by atoms with Crippen molar-refractivity contribution in [3.05, 3.63) is 30.4 Å². The Hall–Kier alpha value is -1.75. The van der Waals surface area contributed by atoms with Crippen LogP contribution >= 0.6 is 0 Å². The van der Waals surface area contributed by atoms with Crippen LogP contribution in [0.25, 0.3) is 11.5 Å². The molecule has 0 saturated heterocycles. The van der Waals surface area contributed by atoms with Crippen molar-refractivity contribution in [2.75, 3.05) is 0 Å². The van der Waals surface area contributed by atoms with Crippen LogP contribution in [0.5, 0.6) is 0 Å². The fourth-order valence-electron chi connectivity index (χ4n) is 1.03. The molecule has 0 aliphatic rings. The van der Waals surface area contributed by atoms with E-state index < -0.39 is 0 Å². The van der Waals surface area contributed by atoms with Crippen molar-refractivity contribution in [1.82, 2.24) is 15.1 Å². The first-order valence-electron chi connectivity index (χ1n) is 4.27. The number of aromatic nitrogens is 3. The Kier molecular flexibility index (Phi) is 2.24. The number of rotatable bonds is 2. The molecule has 0 aliphatic carbocycles. The summed E-state index contributed by atoms with van der Waals surface area (Å²) in [6.07, 6.45) is 3.35. The predicted octanol–water partition coefficient (Wildman–Crippen LogP) is 1.15. The zero-order valence-corrected chi connectivity index (χ0v) is 7.71. The van der Waals surface area contributed by atoms with E-state index in [0.717, 1.165) is 5.56 Å². The van der Waals surface area contributed by atoms with Crippen molar-refractivity contribution >= 4 is 0 Å². The third-order valence-corrected chi connectivity index (χ3v) is 1.76. The lowest BCUT2D eigenvalue weighted by molar-refractivity contribution is 0.418. The van der Waals surface area contributed by atoms with Gasteiger partial charge in [0.1, 0.15) is 0 Å². The molecule has 2 rings (SSSR count). The Balaban J connectivity index is 2.34. The highest BCUT2D eigenvalue weighted by Gasteiger charge is 2.10. The summed E-state index contributed by atoms with van der Waals surface area (Å²) in [4.78, 5) is 8.09. The lowest BCUT2D eigenvalue weighted by atomic mass is 10.3. The molecule has 0 amide bonds. The molecular weight excluding hydrogens is 180 g/mol. The van der Waals surface area contributed by atoms with Crippen molar-refractivity contribution in [2.24, 2.45) is 5.73 Å². The van der Waals surface area contributed by atoms with E-state index in [1.165, 1.54) is 0 Å². The van der Waals surface area contributed by atoms with Crippen molar-refractivity contribution < 1.29 is 4.52 Å². The van der Waals surface area contributed by atoms with Gasteiger partial charge in [0.15, 0.2) is 5.82 Å². The van der Waals surface area contributed by atoms with E-state index in [2.05, 4.69) is 15.1 Å². The number of nitrogens with two attached hydrogens (primary N) is 1. The summed E-state index contributed by atoms with van der Waals surface area (Å²) in [5.41, 5.74) is 6.40. The SMILES string of the molecule is CC(N)c1noc(-c2cccnc2)n1. The van der Waals surface area contributed by atoms with Crippen molar-refractivity contribution in [2.45, 2.75) is 13.0 Å². The zero-order valence-electron chi connectivity index (χ0n) is 7.71. The van der Waals surface area contributed by atoms with Gasteiger partial charge in [-0.3, -0.25) is 4.98 Å². The van der Waals surface area contributed by atoms with Crippen LogP contribution in [0.4, 0.5) is 0 Å². The minimum absolute atomic E-state index is 0.218. The normalized spacial score (nSPS) is 12.7. The van der Waals surface area contributed by atoms with Crippen LogP contribution < -0.4 is 5.73 Å². The largest absolute Gasteiger partial charge is 0.334 e. The molecular formula is C9H10N4O. The molecule has 2 N–H and O–H groups in total. The number of hydrogen-bond acceptors (Lipinski definition) is 5. The topological polar surface area (TPSA) is 77.8 Å². The van der Waals surface area contributed by atoms with Gasteiger partial charge in [0.25, 0.3) is 5.89 Å². The number of pyridine rings is 1. The van der Waals surface area contributed by atoms with Gasteiger partial charge in [-0.25, -0.2) is 0 Å². The lowest BCUT2D eigenvalue weighted by Gasteiger charge is -1.93. The van der Waals surface area contributed by atoms with E-state index in [4.69, 9.17) is 10.3 Å². The average Bonchev–Trinajstić information content (AvgIpc) is 2.68. The van der Waals surface area contributed by atoms with Gasteiger partial charge in [-0.05, 0) is 19.1 Å². The van der Waals surface area contributed by atoms with Gasteiger partial charge in [-0.1, -0.05) is 5.16 Å². The predicted molar refractivity (Wildman–Crippen MR) is 50.1 cm³/mol. The molecule has 0 spiro atoms. The fourth-order valence-corrected chi connectivity index (χ4v) is 1.03. The van der Waals surface area contributed by atoms with Gasteiger partial charge >= 0.3 is 0 Å². The van der Waals surface area contributed by atoms with E-state index in [1.54, 1.807) is 19.3 Å². The van der Waals surface area contributed by atoms with E-state index in [-0.39, 0.29) is 6.04 Å². The monoisotopic (exact) mass is 190 g/mol. The molecule has 0 fully saturated rings. The van der Waals surface area contributed by atoms with Crippen LogP contribution in [-0.2, 0) is 0 Å². The molecule has 2 aromatic rings. The van der Waals surface area contributed by atoms with Gasteiger partial charge in [0, 0.05) is 12.4 Å². The van der Waals surface area contributed by atoms with Crippen LogP contribution in [0.3, 0.4) is 0 Å². The molecule has 5 nitrogen and oxygen atoms in total. The van der Waals surface area contributed by atoms with Gasteiger partial charge in [0.2, 0.25) is 0 Å². The number of nitrogens with zero attached hydrogens (tertiary/aromatic N) is 3. The first-order chi connectivity index (χ1) is 6.77. The maximum atomic E-state index is 5.60. The molecule has 1 unspecified atom stereocenters. The molecule has 14 heavy (non-hydrogen) atoms. The van der Waals surface area contributed by atoms with Gasteiger partial charge in [-0.2, -0.15) is 4.98 Å². The maximum absolute atomic E-state index is 5.60. The zero-order chi connectivity index (χ0) is 9.97. The number of hydrogen-bond donors (Lipinski definition) is 1. The Morgan fingerprint density at radius 3 is 2.93 bits per heavy atom. The van der Waals surface area contributed by atoms with Gasteiger partial charge in [0.05, 0.1) is 11.6 Å². The standard InChI is InChI=1S/C9H10N4O/c1-6(10)8-12-9(14-13-8)7-3-2-4-11-5-7/h2-6H,10H2,1H3. The van der Waals surface area contributed by atoms with E-state index in [1.807, 2.05) is 12.1 Å². The molecule has 5 heteroatoms. The molecule has 0 aliphatic heterocycles. The summed E-state index contributed by atoms with van der Waals surface area (Å²) in [5, 5.41) is 3.75. The fraction of sp³-hybridized carbons (Fsp3) is 0.222. The van der Waals surface area contributed by atoms with Crippen LogP contribution in [0.1, 0.15) is 18.8 Å². The third kappa shape index (κ3) is 1.62. The Morgan fingerprint density at radius 2 is 2.36 bits per heavy atom. The quantitative estimate of drug-likeness (QED) is 0.768. The van der Waals surface area contributed by atoms with Crippen LogP contribution in [0.2, 0.25) is 0 Å². The molecule has 2 aromatic heterocycles. The average molecular weight is 190 g/mol. The second-order valence-electron chi connectivity index (χ2n) is 2.99. The van der Waals surface area contributed by atoms with E-state index in [9.17, 15) is 0 Å². The van der Waals surface area contributed by atoms with Gasteiger partial charge < -0.3 is 10.3 Å². The summed E-state index contributed by atoms with van der Waals surface area (Å²) < 4.78 is 5.03. The van der Waals surface area contributed by atoms with Crippen LogP contribution in [-0.4, -0.2) is 15.1 Å². The molecule has 0 aromatic carbocycles. The molecule has 72 valence electrons. The Labute approximate surface area is 81.0 Å². The first kappa shape index (κ1) is 8.83. The summed E-state index contributed by atoms with van der Waals surface area (Å²) in [6.45, 7) is 1.80. The van der Waals surface area contributed by atoms with Crippen molar-refractivity contribution in [3.8, 4) is 11.5 Å². The highest BCUT2D eigenvalue weighted by molar-refractivity contribution is 5.50. The third-order valence-electron chi connectivity index (χ3n) is 1.76. The molecule has 0 saturated carbocycles. The highest BCUT2D eigenvalue weighted by atomic mass is 16.5. The second kappa shape index (κ2) is 3.55. The summed E-state index contributed by atoms with van der Waals surface area (Å²) in [6, 6.07) is 3.44. The highest BCUT2D eigenvalue weighted by Crippen LogP contribution is 2.16. The first-order valence-corrected chi connectivity index (χ1v) is 4.27. The minimum atomic E-state index is -0.218. The van der Waals surface area contributed by atoms with Gasteiger partial charge in [-0.15, -0.1) is 0 Å². The molecule has 0 radical (unpaired) electrons. The van der Waals surface area contributed by atoms with Crippen LogP contribution in [0.15, 0.2) is 29.0 Å². The Morgan fingerprint density at radius 1 is 1.50 bits per heavy atom. The summed E-state index contributed by atoms with van der Waals surface area (Å²) in [7, 11) is 0. The molecule has 1 atom stereocenters. The summed E-state index contributed by atoms with van der Waals surface area (Å²) >= 11 is 0. The second-order valence-corrected chi connectivity index (χ2v) is 2.99. The maximum Gasteiger partial charge on any atom is 0.259 e. The van der Waals surface area contributed by atoms with E-state index >= 15 is 0 Å². The van der Waals surface area contributed by atoms with Crippen molar-refractivity contribution in [3.63, 3.8) is 0 Å². The van der Waals surface area contributed by atoms with E-state index in [0.29, 0.717) is 11.7 Å². The molecule has 2 heterocycles. The lowest BCUT2D eigenvalue weighted by Crippen LogP contribution is -2.06. The smallest absolute Gasteiger partial charge is 0.259 e. The molecule has 0 bridgehead atoms. The Bertz CT molecular complexity index is 410.